The minimum atomic E-state index is -3.85. The van der Waals surface area contributed by atoms with Crippen LogP contribution in [0.15, 0.2) is 42.5 Å². The number of carbonyl (C=O) groups excluding carboxylic acids is 2. The molecule has 0 aliphatic carbocycles. The number of hydrogen-bond donors (Lipinski definition) is 1. The third-order valence-corrected chi connectivity index (χ3v) is 7.10. The maximum Gasteiger partial charge on any atom is 0.244 e. The minimum Gasteiger partial charge on any atom is -0.352 e. The Morgan fingerprint density at radius 3 is 2.26 bits per heavy atom. The van der Waals surface area contributed by atoms with Gasteiger partial charge in [-0.15, -0.1) is 0 Å². The Labute approximate surface area is 205 Å². The van der Waals surface area contributed by atoms with E-state index in [0.29, 0.717) is 17.0 Å². The molecule has 10 heteroatoms. The number of halogens is 2. The quantitative estimate of drug-likeness (QED) is 0.524. The molecular weight excluding hydrogens is 481 g/mol. The Morgan fingerprint density at radius 2 is 1.74 bits per heavy atom. The van der Waals surface area contributed by atoms with E-state index in [2.05, 4.69) is 5.32 Å². The van der Waals surface area contributed by atoms with Crippen LogP contribution in [0.4, 0.5) is 10.1 Å². The monoisotopic (exact) mass is 511 g/mol. The highest BCUT2D eigenvalue weighted by Gasteiger charge is 2.30. The maximum atomic E-state index is 13.4. The third kappa shape index (κ3) is 7.43. The lowest BCUT2D eigenvalue weighted by atomic mass is 10.1. The van der Waals surface area contributed by atoms with Gasteiger partial charge in [0.25, 0.3) is 0 Å². The van der Waals surface area contributed by atoms with E-state index in [4.69, 9.17) is 11.6 Å². The summed E-state index contributed by atoms with van der Waals surface area (Å²) in [5.41, 5.74) is 1.60. The van der Waals surface area contributed by atoms with E-state index < -0.39 is 34.3 Å². The van der Waals surface area contributed by atoms with Crippen molar-refractivity contribution in [2.45, 2.75) is 52.7 Å². The first-order valence-electron chi connectivity index (χ1n) is 10.9. The molecule has 0 saturated heterocycles. The van der Waals surface area contributed by atoms with Crippen molar-refractivity contribution in [3.05, 3.63) is 64.4 Å². The van der Waals surface area contributed by atoms with Gasteiger partial charge in [-0.05, 0) is 62.6 Å². The molecule has 34 heavy (non-hydrogen) atoms. The van der Waals surface area contributed by atoms with Crippen LogP contribution in [-0.2, 0) is 26.2 Å². The average molecular weight is 512 g/mol. The second-order valence-corrected chi connectivity index (χ2v) is 10.7. The van der Waals surface area contributed by atoms with Gasteiger partial charge in [0.2, 0.25) is 21.8 Å². The summed E-state index contributed by atoms with van der Waals surface area (Å²) in [4.78, 5) is 27.5. The third-order valence-electron chi connectivity index (χ3n) is 5.56. The number of hydrogen-bond acceptors (Lipinski definition) is 4. The molecule has 0 aromatic heterocycles. The summed E-state index contributed by atoms with van der Waals surface area (Å²) in [6.45, 7) is 6.61. The van der Waals surface area contributed by atoms with Crippen molar-refractivity contribution < 1.29 is 22.4 Å². The summed E-state index contributed by atoms with van der Waals surface area (Å²) in [6, 6.07) is 9.28. The molecule has 2 aromatic carbocycles. The molecule has 1 N–H and O–H groups in total. The predicted octanol–water partition coefficient (Wildman–Crippen LogP) is 3.89. The fourth-order valence-corrected chi connectivity index (χ4v) is 4.20. The molecule has 2 aromatic rings. The zero-order valence-corrected chi connectivity index (χ0v) is 21.6. The first kappa shape index (κ1) is 27.6. The second kappa shape index (κ2) is 11.7. The van der Waals surface area contributed by atoms with Crippen molar-refractivity contribution in [3.8, 4) is 0 Å². The molecular formula is C24H31ClFN3O4S. The molecule has 2 rings (SSSR count). The summed E-state index contributed by atoms with van der Waals surface area (Å²) < 4.78 is 39.5. The number of sulfonamides is 1. The van der Waals surface area contributed by atoms with Crippen LogP contribution in [0.25, 0.3) is 0 Å². The fraction of sp³-hybridized carbons (Fsp3) is 0.417. The second-order valence-electron chi connectivity index (χ2n) is 8.35. The maximum absolute atomic E-state index is 13.4. The van der Waals surface area contributed by atoms with Crippen molar-refractivity contribution in [2.24, 2.45) is 0 Å². The first-order chi connectivity index (χ1) is 15.8. The van der Waals surface area contributed by atoms with Crippen molar-refractivity contribution >= 4 is 39.1 Å². The van der Waals surface area contributed by atoms with Crippen LogP contribution in [0.2, 0.25) is 5.02 Å². The molecule has 0 radical (unpaired) electrons. The van der Waals surface area contributed by atoms with Gasteiger partial charge in [-0.1, -0.05) is 36.7 Å². The number of rotatable bonds is 10. The van der Waals surface area contributed by atoms with E-state index in [-0.39, 0.29) is 24.2 Å². The zero-order valence-electron chi connectivity index (χ0n) is 20.0. The normalized spacial score (nSPS) is 13.1. The van der Waals surface area contributed by atoms with Gasteiger partial charge in [-0.25, -0.2) is 12.8 Å². The molecule has 0 aliphatic rings. The van der Waals surface area contributed by atoms with Gasteiger partial charge in [0, 0.05) is 17.6 Å². The summed E-state index contributed by atoms with van der Waals surface area (Å²) in [5.74, 6) is -1.38. The molecule has 0 spiro atoms. The Balaban J connectivity index is 2.39. The minimum absolute atomic E-state index is 0.000458. The Hall–Kier alpha value is -2.65. The van der Waals surface area contributed by atoms with E-state index in [9.17, 15) is 22.4 Å². The van der Waals surface area contributed by atoms with Gasteiger partial charge in [0.1, 0.15) is 18.4 Å². The molecule has 0 aliphatic heterocycles. The molecule has 2 atom stereocenters. The highest BCUT2D eigenvalue weighted by atomic mass is 35.5. The van der Waals surface area contributed by atoms with E-state index in [1.807, 2.05) is 13.8 Å². The Morgan fingerprint density at radius 1 is 1.12 bits per heavy atom. The smallest absolute Gasteiger partial charge is 0.244 e. The van der Waals surface area contributed by atoms with Crippen molar-refractivity contribution in [3.63, 3.8) is 0 Å². The number of nitrogens with zero attached hydrogens (tertiary/aromatic N) is 2. The number of aryl methyl sites for hydroxylation is 1. The molecule has 186 valence electrons. The van der Waals surface area contributed by atoms with Crippen LogP contribution in [0.3, 0.4) is 0 Å². The number of anilines is 1. The standard InChI is InChI=1S/C24H31ClFN3O4S/c1-6-17(3)27-24(31)18(4)28(14-19-8-10-20(26)11-9-19)23(30)15-29(34(5,32)33)21-12-7-16(2)22(25)13-21/h7-13,17-18H,6,14-15H2,1-5H3,(H,27,31)/t17-,18+/m0/s1. The van der Waals surface area contributed by atoms with E-state index in [1.165, 1.54) is 35.2 Å². The van der Waals surface area contributed by atoms with Gasteiger partial charge in [-0.2, -0.15) is 0 Å². The van der Waals surface area contributed by atoms with Gasteiger partial charge < -0.3 is 10.2 Å². The summed E-state index contributed by atoms with van der Waals surface area (Å²) >= 11 is 6.18. The van der Waals surface area contributed by atoms with Gasteiger partial charge >= 0.3 is 0 Å². The highest BCUT2D eigenvalue weighted by molar-refractivity contribution is 7.92. The molecule has 0 heterocycles. The largest absolute Gasteiger partial charge is 0.352 e. The number of carbonyl (C=O) groups is 2. The summed E-state index contributed by atoms with van der Waals surface area (Å²) in [6.07, 6.45) is 1.71. The van der Waals surface area contributed by atoms with E-state index in [0.717, 1.165) is 16.1 Å². The Kier molecular flexibility index (Phi) is 9.46. The predicted molar refractivity (Wildman–Crippen MR) is 133 cm³/mol. The zero-order chi connectivity index (χ0) is 25.6. The van der Waals surface area contributed by atoms with E-state index >= 15 is 0 Å². The Bertz CT molecular complexity index is 1130. The van der Waals surface area contributed by atoms with E-state index in [1.54, 1.807) is 26.0 Å². The molecule has 2 amide bonds. The molecule has 0 fully saturated rings. The first-order valence-corrected chi connectivity index (χ1v) is 13.1. The lowest BCUT2D eigenvalue weighted by Gasteiger charge is -2.32. The lowest BCUT2D eigenvalue weighted by molar-refractivity contribution is -0.139. The van der Waals surface area contributed by atoms with Crippen molar-refractivity contribution in [1.82, 2.24) is 10.2 Å². The molecule has 0 unspecified atom stereocenters. The van der Waals surface area contributed by atoms with Crippen LogP contribution in [0.1, 0.15) is 38.3 Å². The summed E-state index contributed by atoms with van der Waals surface area (Å²) in [7, 11) is -3.85. The fourth-order valence-electron chi connectivity index (χ4n) is 3.19. The van der Waals surface area contributed by atoms with Crippen molar-refractivity contribution in [2.75, 3.05) is 17.1 Å². The molecule has 0 saturated carbocycles. The number of benzene rings is 2. The van der Waals surface area contributed by atoms with Gasteiger partial charge in [-0.3, -0.25) is 13.9 Å². The van der Waals surface area contributed by atoms with Crippen LogP contribution >= 0.6 is 11.6 Å². The topological polar surface area (TPSA) is 86.8 Å². The molecule has 7 nitrogen and oxygen atoms in total. The van der Waals surface area contributed by atoms with Gasteiger partial charge in [0.05, 0.1) is 11.9 Å². The van der Waals surface area contributed by atoms with Gasteiger partial charge in [0.15, 0.2) is 0 Å². The van der Waals surface area contributed by atoms with Crippen LogP contribution in [0.5, 0.6) is 0 Å². The lowest BCUT2D eigenvalue weighted by Crippen LogP contribution is -2.52. The number of amides is 2. The highest BCUT2D eigenvalue weighted by Crippen LogP contribution is 2.25. The van der Waals surface area contributed by atoms with Crippen LogP contribution in [0, 0.1) is 12.7 Å². The average Bonchev–Trinajstić information content (AvgIpc) is 2.77. The van der Waals surface area contributed by atoms with Crippen LogP contribution < -0.4 is 9.62 Å². The number of nitrogens with one attached hydrogen (secondary N) is 1. The molecule has 0 bridgehead atoms. The summed E-state index contributed by atoms with van der Waals surface area (Å²) in [5, 5.41) is 3.21. The van der Waals surface area contributed by atoms with Crippen LogP contribution in [-0.4, -0.2) is 50.0 Å². The van der Waals surface area contributed by atoms with Crippen molar-refractivity contribution in [1.29, 1.82) is 0 Å². The SMILES string of the molecule is CC[C@H](C)NC(=O)[C@@H](C)N(Cc1ccc(F)cc1)C(=O)CN(c1ccc(C)c(Cl)c1)S(C)(=O)=O.